The fourth-order valence-electron chi connectivity index (χ4n) is 6.64. The Morgan fingerprint density at radius 1 is 0.462 bits per heavy atom. The molecule has 0 spiro atoms. The van der Waals surface area contributed by atoms with Crippen LogP contribution < -0.4 is 0 Å². The Bertz CT molecular complexity index is 2080. The van der Waals surface area contributed by atoms with Crippen molar-refractivity contribution >= 4 is 48.1 Å². The fourth-order valence-corrected chi connectivity index (χ4v) is 6.64. The predicted octanol–water partition coefficient (Wildman–Crippen LogP) is 15.1. The summed E-state index contributed by atoms with van der Waals surface area (Å²) in [4.78, 5) is 0. The van der Waals surface area contributed by atoms with Crippen molar-refractivity contribution < 1.29 is 20.8 Å². The summed E-state index contributed by atoms with van der Waals surface area (Å²) in [7, 11) is 11.0. The van der Waals surface area contributed by atoms with Crippen LogP contribution in [-0.2, 0) is 33.7 Å². The van der Waals surface area contributed by atoms with E-state index in [1.165, 1.54) is 77.2 Å². The zero-order chi connectivity index (χ0) is 36.7. The first-order valence-corrected chi connectivity index (χ1v) is 26.1. The molecule has 0 saturated heterocycles. The molecule has 0 aliphatic heterocycles. The average molecular weight is 811 g/mol. The Balaban J connectivity index is 0.000000175. The van der Waals surface area contributed by atoms with Crippen molar-refractivity contribution in [1.82, 2.24) is 0 Å². The van der Waals surface area contributed by atoms with E-state index in [-0.39, 0.29) is 0 Å². The second kappa shape index (κ2) is 20.5. The van der Waals surface area contributed by atoms with Gasteiger partial charge in [-0.1, -0.05) is 172 Å². The van der Waals surface area contributed by atoms with E-state index >= 15 is 0 Å². The van der Waals surface area contributed by atoms with Crippen LogP contribution >= 0.6 is 17.0 Å². The molecule has 258 valence electrons. The predicted molar refractivity (Wildman–Crippen MR) is 229 cm³/mol. The van der Waals surface area contributed by atoms with Crippen LogP contribution in [0.5, 0.6) is 0 Å². The van der Waals surface area contributed by atoms with Gasteiger partial charge in [0, 0.05) is 9.52 Å². The van der Waals surface area contributed by atoms with Gasteiger partial charge in [0.05, 0.1) is 0 Å². The van der Waals surface area contributed by atoms with E-state index in [0.717, 1.165) is 22.4 Å². The molecule has 4 heteroatoms. The molecule has 0 aliphatic rings. The first kappa shape index (κ1) is 39.4. The topological polar surface area (TPSA) is 0 Å². The van der Waals surface area contributed by atoms with Crippen molar-refractivity contribution in [3.05, 3.63) is 181 Å². The molecule has 0 heterocycles. The first-order valence-electron chi connectivity index (χ1n) is 17.8. The monoisotopic (exact) mass is 808 g/mol. The van der Waals surface area contributed by atoms with E-state index in [1.54, 1.807) is 0 Å². The zero-order valence-electron chi connectivity index (χ0n) is 30.3. The van der Waals surface area contributed by atoms with Crippen LogP contribution in [0.15, 0.2) is 170 Å². The molecule has 0 fully saturated rings. The Morgan fingerprint density at radius 2 is 0.750 bits per heavy atom. The molecule has 0 atom stereocenters. The van der Waals surface area contributed by atoms with Crippen molar-refractivity contribution in [3.8, 4) is 44.5 Å². The molecular formula is C48H44Cl2SiZr. The van der Waals surface area contributed by atoms with Gasteiger partial charge in [-0.3, -0.25) is 0 Å². The second-order valence-corrected chi connectivity index (χ2v) is 17.2. The van der Waals surface area contributed by atoms with Gasteiger partial charge in [0.15, 0.2) is 0 Å². The third kappa shape index (κ3) is 9.80. The third-order valence-corrected chi connectivity index (χ3v) is 9.01. The molecular weight excluding hydrogens is 767 g/mol. The summed E-state index contributed by atoms with van der Waals surface area (Å²) in [6.45, 7) is 8.74. The van der Waals surface area contributed by atoms with Crippen molar-refractivity contribution in [1.29, 1.82) is 0 Å². The van der Waals surface area contributed by atoms with Gasteiger partial charge in [0.1, 0.15) is 0 Å². The van der Waals surface area contributed by atoms with Gasteiger partial charge < -0.3 is 0 Å². The molecule has 52 heavy (non-hydrogen) atoms. The molecule has 0 amide bonds. The minimum atomic E-state index is -0.826. The maximum absolute atomic E-state index is 4.93. The number of fused-ring (bicyclic) bond motifs is 2. The van der Waals surface area contributed by atoms with Crippen molar-refractivity contribution in [2.75, 3.05) is 0 Å². The molecule has 8 aromatic carbocycles. The van der Waals surface area contributed by atoms with E-state index in [9.17, 15) is 0 Å². The summed E-state index contributed by atoms with van der Waals surface area (Å²) in [6.07, 6.45) is 2.15. The van der Waals surface area contributed by atoms with E-state index < -0.39 is 20.8 Å². The molecule has 0 saturated carbocycles. The average Bonchev–Trinajstić information content (AvgIpc) is 3.84. The summed E-state index contributed by atoms with van der Waals surface area (Å²) in [5, 5.41) is 5.38. The van der Waals surface area contributed by atoms with Gasteiger partial charge in [-0.05, 0) is 46.2 Å². The van der Waals surface area contributed by atoms with Crippen LogP contribution in [0.3, 0.4) is 0 Å². The van der Waals surface area contributed by atoms with E-state index in [4.69, 9.17) is 17.0 Å². The maximum atomic E-state index is 4.93. The molecule has 8 aromatic rings. The number of rotatable bonds is 6. The van der Waals surface area contributed by atoms with Crippen molar-refractivity contribution in [2.45, 2.75) is 39.8 Å². The first-order chi connectivity index (χ1) is 25.6. The number of halogens is 2. The summed E-state index contributed by atoms with van der Waals surface area (Å²) in [6, 6.07) is 61.2. The number of hydrogen-bond acceptors (Lipinski definition) is 0. The van der Waals surface area contributed by atoms with Crippen LogP contribution in [0.2, 0.25) is 13.1 Å². The van der Waals surface area contributed by atoms with Crippen LogP contribution in [-0.4, -0.2) is 9.52 Å². The molecule has 0 N–H and O–H groups in total. The van der Waals surface area contributed by atoms with Gasteiger partial charge in [0.25, 0.3) is 0 Å². The van der Waals surface area contributed by atoms with Crippen LogP contribution in [0, 0.1) is 0 Å². The standard InChI is InChI=1S/2C23H19.C2H6Si.2ClH.Zr/c2*1-2-17-15-20-13-14-21(18-9-5-3-6-10-18)23(22(20)16-17)19-11-7-4-8-12-19;1-3-2;;;/h2*3-16H,2H2,1H3;1-2H3;2*1H;/q2*-1;;;;+4/p-2. The summed E-state index contributed by atoms with van der Waals surface area (Å²) < 4.78 is 0. The van der Waals surface area contributed by atoms with E-state index in [1.807, 2.05) is 0 Å². The molecule has 0 aromatic heterocycles. The summed E-state index contributed by atoms with van der Waals surface area (Å²) in [5.41, 5.74) is 13.2. The SMILES string of the molecule is CCc1cc2c(-c3ccccc3)c(-c3ccccc3)ccc2[cH-]1.CCc1cc2c(-c3ccccc3)c(-c3ccccc3)ccc2[cH-]1.C[Si]C.[Cl][Zr+2][Cl]. The quantitative estimate of drug-likeness (QED) is 0.116. The van der Waals surface area contributed by atoms with Gasteiger partial charge in [0.2, 0.25) is 0 Å². The minimum absolute atomic E-state index is 0.826. The van der Waals surface area contributed by atoms with Crippen LogP contribution in [0.4, 0.5) is 0 Å². The second-order valence-electron chi connectivity index (χ2n) is 12.5. The van der Waals surface area contributed by atoms with E-state index in [2.05, 4.69) is 197 Å². The van der Waals surface area contributed by atoms with Gasteiger partial charge in [-0.25, -0.2) is 0 Å². The number of hydrogen-bond donors (Lipinski definition) is 0. The molecule has 2 radical (unpaired) electrons. The Labute approximate surface area is 331 Å². The van der Waals surface area contributed by atoms with Gasteiger partial charge >= 0.3 is 37.9 Å². The summed E-state index contributed by atoms with van der Waals surface area (Å²) in [5.74, 6) is 0. The van der Waals surface area contributed by atoms with Gasteiger partial charge in [-0.2, -0.15) is 12.1 Å². The Kier molecular flexibility index (Phi) is 15.5. The normalized spacial score (nSPS) is 10.3. The zero-order valence-corrected chi connectivity index (χ0v) is 35.3. The molecule has 0 bridgehead atoms. The number of benzene rings is 6. The molecule has 0 unspecified atom stereocenters. The Morgan fingerprint density at radius 3 is 1.04 bits per heavy atom. The molecule has 0 nitrogen and oxygen atoms in total. The fraction of sp³-hybridized carbons (Fsp3) is 0.125. The summed E-state index contributed by atoms with van der Waals surface area (Å²) >= 11 is -0.826. The molecule has 8 rings (SSSR count). The van der Waals surface area contributed by atoms with Crippen LogP contribution in [0.25, 0.3) is 66.1 Å². The number of aryl methyl sites for hydroxylation is 2. The molecule has 0 aliphatic carbocycles. The van der Waals surface area contributed by atoms with E-state index in [0.29, 0.717) is 0 Å². The third-order valence-electron chi connectivity index (χ3n) is 9.01. The van der Waals surface area contributed by atoms with Crippen molar-refractivity contribution in [3.63, 3.8) is 0 Å². The Hall–Kier alpha value is -3.78. The van der Waals surface area contributed by atoms with Gasteiger partial charge in [-0.15, -0.1) is 56.9 Å². The van der Waals surface area contributed by atoms with Crippen molar-refractivity contribution in [2.24, 2.45) is 0 Å². The van der Waals surface area contributed by atoms with Crippen LogP contribution in [0.1, 0.15) is 25.0 Å².